The second-order valence-electron chi connectivity index (χ2n) is 3.95. The molecule has 3 N–H and O–H groups in total. The van der Waals surface area contributed by atoms with Gasteiger partial charge >= 0.3 is 0 Å². The van der Waals surface area contributed by atoms with E-state index in [9.17, 15) is 18.6 Å². The van der Waals surface area contributed by atoms with Gasteiger partial charge in [0.1, 0.15) is 5.75 Å². The molecular weight excluding hydrogens is 230 g/mol. The highest BCUT2D eigenvalue weighted by molar-refractivity contribution is 7.91. The van der Waals surface area contributed by atoms with E-state index in [4.69, 9.17) is 0 Å². The molecule has 0 aliphatic carbocycles. The van der Waals surface area contributed by atoms with E-state index >= 15 is 0 Å². The molecule has 1 saturated heterocycles. The van der Waals surface area contributed by atoms with Crippen LogP contribution in [0.3, 0.4) is 0 Å². The Morgan fingerprint density at radius 1 is 1.31 bits per heavy atom. The maximum absolute atomic E-state index is 11.3. The van der Waals surface area contributed by atoms with Crippen molar-refractivity contribution in [3.8, 4) is 5.75 Å². The molecule has 1 aliphatic rings. The van der Waals surface area contributed by atoms with Gasteiger partial charge in [-0.2, -0.15) is 0 Å². The Bertz CT molecular complexity index is 485. The Morgan fingerprint density at radius 3 is 2.62 bits per heavy atom. The van der Waals surface area contributed by atoms with Crippen LogP contribution < -0.4 is 5.32 Å². The van der Waals surface area contributed by atoms with Gasteiger partial charge in [0, 0.05) is 11.8 Å². The molecule has 16 heavy (non-hydrogen) atoms. The highest BCUT2D eigenvalue weighted by Crippen LogP contribution is 2.20. The van der Waals surface area contributed by atoms with Crippen LogP contribution in [0.5, 0.6) is 5.75 Å². The number of phenolic OH excluding ortho intramolecular Hbond substituents is 1. The van der Waals surface area contributed by atoms with Crippen molar-refractivity contribution in [3.63, 3.8) is 0 Å². The minimum Gasteiger partial charge on any atom is -0.508 e. The summed E-state index contributed by atoms with van der Waals surface area (Å²) in [5, 5.41) is 21.7. The first kappa shape index (κ1) is 11.2. The molecule has 0 bridgehead atoms. The van der Waals surface area contributed by atoms with Crippen LogP contribution in [0.1, 0.15) is 0 Å². The number of aliphatic hydroxyl groups excluding tert-OH is 1. The lowest BCUT2D eigenvalue weighted by Crippen LogP contribution is -2.31. The summed E-state index contributed by atoms with van der Waals surface area (Å²) in [6, 6.07) is 5.85. The summed E-state index contributed by atoms with van der Waals surface area (Å²) >= 11 is 0. The van der Waals surface area contributed by atoms with E-state index in [-0.39, 0.29) is 17.3 Å². The quantitative estimate of drug-likeness (QED) is 0.678. The highest BCUT2D eigenvalue weighted by Gasteiger charge is 2.36. The monoisotopic (exact) mass is 243 g/mol. The smallest absolute Gasteiger partial charge is 0.155 e. The first-order valence-corrected chi connectivity index (χ1v) is 6.72. The van der Waals surface area contributed by atoms with Gasteiger partial charge in [0.25, 0.3) is 0 Å². The molecule has 6 heteroatoms. The molecule has 1 aromatic rings. The van der Waals surface area contributed by atoms with Crippen LogP contribution in [0.2, 0.25) is 0 Å². The summed E-state index contributed by atoms with van der Waals surface area (Å²) in [5.74, 6) is -0.187. The number of benzene rings is 1. The van der Waals surface area contributed by atoms with Crippen LogP contribution in [-0.2, 0) is 9.84 Å². The fourth-order valence-electron chi connectivity index (χ4n) is 1.78. The summed E-state index contributed by atoms with van der Waals surface area (Å²) in [5.41, 5.74) is 0.598. The van der Waals surface area contributed by atoms with Crippen molar-refractivity contribution in [2.24, 2.45) is 0 Å². The fourth-order valence-corrected chi connectivity index (χ4v) is 3.52. The lowest BCUT2D eigenvalue weighted by molar-refractivity contribution is 0.190. The number of hydrogen-bond acceptors (Lipinski definition) is 5. The Kier molecular flexibility index (Phi) is 2.77. The predicted octanol–water partition coefficient (Wildman–Crippen LogP) is -0.0380. The molecule has 5 nitrogen and oxygen atoms in total. The van der Waals surface area contributed by atoms with Crippen molar-refractivity contribution in [1.29, 1.82) is 0 Å². The van der Waals surface area contributed by atoms with E-state index in [1.54, 1.807) is 12.1 Å². The third-order valence-corrected chi connectivity index (χ3v) is 4.24. The van der Waals surface area contributed by atoms with Gasteiger partial charge in [-0.3, -0.25) is 0 Å². The third-order valence-electron chi connectivity index (χ3n) is 2.52. The molecule has 0 spiro atoms. The van der Waals surface area contributed by atoms with Gasteiger partial charge in [-0.15, -0.1) is 0 Å². The second-order valence-corrected chi connectivity index (χ2v) is 6.10. The molecule has 0 radical (unpaired) electrons. The van der Waals surface area contributed by atoms with Crippen molar-refractivity contribution in [2.45, 2.75) is 12.1 Å². The van der Waals surface area contributed by atoms with Crippen LogP contribution in [-0.4, -0.2) is 42.3 Å². The molecular formula is C10H13NO4S. The molecule has 0 aromatic heterocycles. The molecule has 0 amide bonds. The van der Waals surface area contributed by atoms with Crippen LogP contribution in [0.25, 0.3) is 0 Å². The minimum atomic E-state index is -3.15. The Hall–Kier alpha value is -1.27. The minimum absolute atomic E-state index is 0.0795. The Labute approximate surface area is 93.6 Å². The average Bonchev–Trinajstić information content (AvgIpc) is 2.39. The van der Waals surface area contributed by atoms with E-state index in [2.05, 4.69) is 5.32 Å². The zero-order chi connectivity index (χ0) is 11.8. The van der Waals surface area contributed by atoms with Crippen LogP contribution >= 0.6 is 0 Å². The van der Waals surface area contributed by atoms with E-state index in [0.29, 0.717) is 5.69 Å². The zero-order valence-electron chi connectivity index (χ0n) is 8.50. The maximum atomic E-state index is 11.3. The molecule has 1 aromatic carbocycles. The molecule has 1 fully saturated rings. The van der Waals surface area contributed by atoms with Gasteiger partial charge in [-0.05, 0) is 12.1 Å². The maximum Gasteiger partial charge on any atom is 0.155 e. The van der Waals surface area contributed by atoms with E-state index in [1.807, 2.05) is 0 Å². The van der Waals surface area contributed by atoms with Gasteiger partial charge in [0.15, 0.2) is 9.84 Å². The molecule has 0 saturated carbocycles. The fraction of sp³-hybridized carbons (Fsp3) is 0.400. The Balaban J connectivity index is 2.11. The van der Waals surface area contributed by atoms with Gasteiger partial charge in [-0.1, -0.05) is 6.07 Å². The number of sulfone groups is 1. The lowest BCUT2D eigenvalue weighted by Gasteiger charge is -2.16. The Morgan fingerprint density at radius 2 is 2.06 bits per heavy atom. The topological polar surface area (TPSA) is 86.6 Å². The summed E-state index contributed by atoms with van der Waals surface area (Å²) in [6.07, 6.45) is -0.896. The van der Waals surface area contributed by atoms with E-state index < -0.39 is 22.0 Å². The zero-order valence-corrected chi connectivity index (χ0v) is 9.31. The third kappa shape index (κ3) is 2.45. The molecule has 2 atom stereocenters. The van der Waals surface area contributed by atoms with Crippen LogP contribution in [0.4, 0.5) is 5.69 Å². The number of anilines is 1. The van der Waals surface area contributed by atoms with Gasteiger partial charge in [0.2, 0.25) is 0 Å². The molecule has 2 rings (SSSR count). The standard InChI is InChI=1S/C10H13NO4S/c12-8-3-1-2-7(4-8)11-9-5-16(14,15)6-10(9)13/h1-4,9-13H,5-6H2/t9-,10+/m0/s1. The summed E-state index contributed by atoms with van der Waals surface area (Å²) < 4.78 is 22.5. The number of rotatable bonds is 2. The van der Waals surface area contributed by atoms with Gasteiger partial charge < -0.3 is 15.5 Å². The first-order chi connectivity index (χ1) is 7.46. The molecule has 0 unspecified atom stereocenters. The highest BCUT2D eigenvalue weighted by atomic mass is 32.2. The van der Waals surface area contributed by atoms with Gasteiger partial charge in [-0.25, -0.2) is 8.42 Å². The lowest BCUT2D eigenvalue weighted by atomic mass is 10.2. The molecule has 88 valence electrons. The van der Waals surface area contributed by atoms with Crippen molar-refractivity contribution in [3.05, 3.63) is 24.3 Å². The van der Waals surface area contributed by atoms with E-state index in [0.717, 1.165) is 0 Å². The summed E-state index contributed by atoms with van der Waals surface area (Å²) in [7, 11) is -3.15. The number of aromatic hydroxyl groups is 1. The number of aliphatic hydroxyl groups is 1. The van der Waals surface area contributed by atoms with Crippen molar-refractivity contribution in [2.75, 3.05) is 16.8 Å². The second kappa shape index (κ2) is 3.95. The summed E-state index contributed by atoms with van der Waals surface area (Å²) in [6.45, 7) is 0. The van der Waals surface area contributed by atoms with Crippen LogP contribution in [0.15, 0.2) is 24.3 Å². The number of nitrogens with one attached hydrogen (secondary N) is 1. The van der Waals surface area contributed by atoms with Crippen molar-refractivity contribution >= 4 is 15.5 Å². The predicted molar refractivity (Wildman–Crippen MR) is 60.2 cm³/mol. The van der Waals surface area contributed by atoms with Crippen LogP contribution in [0, 0.1) is 0 Å². The van der Waals surface area contributed by atoms with Crippen molar-refractivity contribution < 1.29 is 18.6 Å². The number of phenols is 1. The molecule has 1 aliphatic heterocycles. The first-order valence-electron chi connectivity index (χ1n) is 4.90. The van der Waals surface area contributed by atoms with E-state index in [1.165, 1.54) is 12.1 Å². The SMILES string of the molecule is O=S1(=O)C[C@@H](O)[C@@H](Nc2cccc(O)c2)C1. The molecule has 1 heterocycles. The average molecular weight is 243 g/mol. The van der Waals surface area contributed by atoms with Gasteiger partial charge in [0.05, 0.1) is 23.7 Å². The largest absolute Gasteiger partial charge is 0.508 e. The van der Waals surface area contributed by atoms with Crippen molar-refractivity contribution in [1.82, 2.24) is 0 Å². The number of hydrogen-bond donors (Lipinski definition) is 3. The normalized spacial score (nSPS) is 27.8. The summed E-state index contributed by atoms with van der Waals surface area (Å²) in [4.78, 5) is 0.